The molecule has 4 rings (SSSR count). The van der Waals surface area contributed by atoms with Gasteiger partial charge < -0.3 is 20.0 Å². The number of thiazole rings is 1. The molecule has 0 saturated carbocycles. The predicted octanol–water partition coefficient (Wildman–Crippen LogP) is 6.72. The minimum atomic E-state index is -1.33. The zero-order chi connectivity index (χ0) is 30.3. The normalized spacial score (nSPS) is 13.0. The van der Waals surface area contributed by atoms with Gasteiger partial charge in [0.25, 0.3) is 0 Å². The van der Waals surface area contributed by atoms with Gasteiger partial charge in [-0.15, -0.1) is 11.3 Å². The van der Waals surface area contributed by atoms with Gasteiger partial charge in [-0.1, -0.05) is 110 Å². The third-order valence-electron chi connectivity index (χ3n) is 6.37. The SMILES string of the molecule is CC(C)C(ON=C(C(=O)O)c1csc(NC(c2ccccc2)(c2ccccc2)c2ccccc2)n1)C(=O)OC(C)(C)C. The maximum Gasteiger partial charge on any atom is 0.360 e. The maximum absolute atomic E-state index is 12.7. The van der Waals surface area contributed by atoms with E-state index in [0.717, 1.165) is 16.7 Å². The molecule has 42 heavy (non-hydrogen) atoms. The van der Waals surface area contributed by atoms with Crippen LogP contribution in [0.2, 0.25) is 0 Å². The number of nitrogens with zero attached hydrogens (tertiary/aromatic N) is 2. The smallest absolute Gasteiger partial charge is 0.360 e. The molecule has 0 aliphatic heterocycles. The molecular formula is C33H35N3O5S. The lowest BCUT2D eigenvalue weighted by molar-refractivity contribution is -0.171. The average molecular weight is 586 g/mol. The van der Waals surface area contributed by atoms with Gasteiger partial charge >= 0.3 is 11.9 Å². The number of carboxylic acid groups (broad SMARTS) is 1. The summed E-state index contributed by atoms with van der Waals surface area (Å²) in [5.74, 6) is -2.27. The Morgan fingerprint density at radius 2 is 1.33 bits per heavy atom. The Morgan fingerprint density at radius 3 is 1.74 bits per heavy atom. The van der Waals surface area contributed by atoms with E-state index in [-0.39, 0.29) is 11.6 Å². The van der Waals surface area contributed by atoms with Gasteiger partial charge in [0.05, 0.1) is 0 Å². The minimum absolute atomic E-state index is 0.102. The maximum atomic E-state index is 12.7. The van der Waals surface area contributed by atoms with E-state index < -0.39 is 34.9 Å². The molecule has 0 saturated heterocycles. The summed E-state index contributed by atoms with van der Waals surface area (Å²) in [5.41, 5.74) is 1.05. The highest BCUT2D eigenvalue weighted by atomic mass is 32.1. The van der Waals surface area contributed by atoms with Crippen LogP contribution in [0, 0.1) is 5.92 Å². The molecule has 0 fully saturated rings. The van der Waals surface area contributed by atoms with Gasteiger partial charge in [0.15, 0.2) is 5.13 Å². The highest BCUT2D eigenvalue weighted by Crippen LogP contribution is 2.40. The van der Waals surface area contributed by atoms with Crippen LogP contribution in [-0.2, 0) is 24.7 Å². The van der Waals surface area contributed by atoms with Crippen LogP contribution in [-0.4, -0.2) is 39.4 Å². The Bertz CT molecular complexity index is 1420. The monoisotopic (exact) mass is 585 g/mol. The van der Waals surface area contributed by atoms with Crippen LogP contribution in [0.15, 0.2) is 102 Å². The van der Waals surface area contributed by atoms with Gasteiger partial charge in [-0.2, -0.15) is 0 Å². The number of hydrogen-bond donors (Lipinski definition) is 2. The van der Waals surface area contributed by atoms with Crippen molar-refractivity contribution in [1.29, 1.82) is 0 Å². The van der Waals surface area contributed by atoms with Crippen molar-refractivity contribution < 1.29 is 24.3 Å². The van der Waals surface area contributed by atoms with Crippen molar-refractivity contribution in [3.05, 3.63) is 119 Å². The molecule has 1 unspecified atom stereocenters. The van der Waals surface area contributed by atoms with E-state index in [1.165, 1.54) is 11.3 Å². The van der Waals surface area contributed by atoms with Gasteiger partial charge in [0.2, 0.25) is 11.8 Å². The van der Waals surface area contributed by atoms with E-state index in [1.54, 1.807) is 40.0 Å². The van der Waals surface area contributed by atoms with Crippen LogP contribution in [0.25, 0.3) is 0 Å². The number of oxime groups is 1. The Labute approximate surface area is 250 Å². The molecule has 0 radical (unpaired) electrons. The first-order valence-corrected chi connectivity index (χ1v) is 14.5. The minimum Gasteiger partial charge on any atom is -0.476 e. The lowest BCUT2D eigenvalue weighted by Crippen LogP contribution is -2.38. The number of carbonyl (C=O) groups excluding carboxylic acids is 1. The molecule has 1 heterocycles. The summed E-state index contributed by atoms with van der Waals surface area (Å²) in [6.07, 6.45) is -1.09. The molecule has 3 aromatic carbocycles. The molecule has 218 valence electrons. The number of aliphatic carboxylic acids is 1. The number of carbonyl (C=O) groups is 2. The molecule has 2 N–H and O–H groups in total. The summed E-state index contributed by atoms with van der Waals surface area (Å²) >= 11 is 1.25. The van der Waals surface area contributed by atoms with Crippen LogP contribution in [0.4, 0.5) is 5.13 Å². The van der Waals surface area contributed by atoms with Crippen LogP contribution in [0.3, 0.4) is 0 Å². The molecule has 0 aliphatic carbocycles. The number of ether oxygens (including phenoxy) is 1. The number of carboxylic acids is 1. The summed E-state index contributed by atoms with van der Waals surface area (Å²) in [6.45, 7) is 8.78. The molecule has 0 spiro atoms. The van der Waals surface area contributed by atoms with Gasteiger partial charge in [-0.05, 0) is 37.5 Å². The van der Waals surface area contributed by atoms with Crippen molar-refractivity contribution in [3.63, 3.8) is 0 Å². The van der Waals surface area contributed by atoms with E-state index in [0.29, 0.717) is 5.13 Å². The van der Waals surface area contributed by atoms with E-state index >= 15 is 0 Å². The molecular weight excluding hydrogens is 550 g/mol. The molecule has 8 nitrogen and oxygen atoms in total. The highest BCUT2D eigenvalue weighted by molar-refractivity contribution is 7.14. The highest BCUT2D eigenvalue weighted by Gasteiger charge is 2.37. The Hall–Kier alpha value is -4.50. The molecule has 1 aromatic heterocycles. The van der Waals surface area contributed by atoms with Crippen molar-refractivity contribution in [1.82, 2.24) is 4.98 Å². The van der Waals surface area contributed by atoms with Gasteiger partial charge in [0, 0.05) is 11.3 Å². The summed E-state index contributed by atoms with van der Waals surface area (Å²) in [4.78, 5) is 35.1. The zero-order valence-electron chi connectivity index (χ0n) is 24.3. The van der Waals surface area contributed by atoms with E-state index in [4.69, 9.17) is 9.57 Å². The lowest BCUT2D eigenvalue weighted by atomic mass is 9.77. The molecule has 0 aliphatic rings. The van der Waals surface area contributed by atoms with Gasteiger partial charge in [-0.3, -0.25) is 0 Å². The predicted molar refractivity (Wildman–Crippen MR) is 165 cm³/mol. The number of aromatic nitrogens is 1. The fourth-order valence-electron chi connectivity index (χ4n) is 4.48. The molecule has 1 atom stereocenters. The summed E-state index contributed by atoms with van der Waals surface area (Å²) in [7, 11) is 0. The van der Waals surface area contributed by atoms with Crippen molar-refractivity contribution in [2.45, 2.75) is 51.9 Å². The van der Waals surface area contributed by atoms with Crippen LogP contribution in [0.5, 0.6) is 0 Å². The van der Waals surface area contributed by atoms with Crippen molar-refractivity contribution in [2.75, 3.05) is 5.32 Å². The Morgan fingerprint density at radius 1 is 0.857 bits per heavy atom. The van der Waals surface area contributed by atoms with Gasteiger partial charge in [0.1, 0.15) is 16.8 Å². The number of anilines is 1. The standard InChI is InChI=1S/C33H35N3O5S/c1-22(2)28(30(39)40-32(3,4)5)41-36-27(29(37)38)26-21-42-31(34-26)35-33(23-15-9-6-10-16-23,24-17-11-7-12-18-24)25-19-13-8-14-20-25/h6-22,28H,1-5H3,(H,34,35)(H,37,38). The van der Waals surface area contributed by atoms with Crippen molar-refractivity contribution >= 4 is 34.1 Å². The molecule has 0 amide bonds. The molecule has 9 heteroatoms. The number of rotatable bonds is 11. The van der Waals surface area contributed by atoms with Crippen LogP contribution >= 0.6 is 11.3 Å². The topological polar surface area (TPSA) is 110 Å². The third-order valence-corrected chi connectivity index (χ3v) is 7.12. The van der Waals surface area contributed by atoms with Crippen molar-refractivity contribution in [2.24, 2.45) is 11.1 Å². The molecule has 4 aromatic rings. The van der Waals surface area contributed by atoms with Crippen molar-refractivity contribution in [3.8, 4) is 0 Å². The number of benzene rings is 3. The first-order valence-electron chi connectivity index (χ1n) is 13.6. The summed E-state index contributed by atoms with van der Waals surface area (Å²) in [6, 6.07) is 30.0. The van der Waals surface area contributed by atoms with Crippen LogP contribution in [0.1, 0.15) is 57.0 Å². The molecule has 0 bridgehead atoms. The van der Waals surface area contributed by atoms with Gasteiger partial charge in [-0.25, -0.2) is 14.6 Å². The third kappa shape index (κ3) is 7.03. The van der Waals surface area contributed by atoms with E-state index in [2.05, 4.69) is 15.5 Å². The number of nitrogens with one attached hydrogen (secondary N) is 1. The van der Waals surface area contributed by atoms with Crippen LogP contribution < -0.4 is 5.32 Å². The summed E-state index contributed by atoms with van der Waals surface area (Å²) in [5, 5.41) is 19.6. The second-order valence-corrected chi connectivity index (χ2v) is 11.9. The fraction of sp³-hybridized carbons (Fsp3) is 0.273. The quantitative estimate of drug-likeness (QED) is 0.0870. The first kappa shape index (κ1) is 30.5. The largest absolute Gasteiger partial charge is 0.476 e. The van der Waals surface area contributed by atoms with E-state index in [1.807, 2.05) is 91.0 Å². The first-order chi connectivity index (χ1) is 20.0. The zero-order valence-corrected chi connectivity index (χ0v) is 25.1. The average Bonchev–Trinajstić information content (AvgIpc) is 3.42. The fourth-order valence-corrected chi connectivity index (χ4v) is 5.23. The second kappa shape index (κ2) is 13.0. The Balaban J connectivity index is 1.74. The lowest BCUT2D eigenvalue weighted by Gasteiger charge is -2.36. The second-order valence-electron chi connectivity index (χ2n) is 11.1. The van der Waals surface area contributed by atoms with E-state index in [9.17, 15) is 14.7 Å². The Kier molecular flexibility index (Phi) is 9.42. The summed E-state index contributed by atoms with van der Waals surface area (Å²) < 4.78 is 5.44. The number of hydrogen-bond acceptors (Lipinski definition) is 8. The number of esters is 1.